The molecule has 0 atom stereocenters. The first-order chi connectivity index (χ1) is 8.08. The monoisotopic (exact) mass is 252 g/mol. The summed E-state index contributed by atoms with van der Waals surface area (Å²) in [7, 11) is 0. The number of halogens is 1. The smallest absolute Gasteiger partial charge is 0.357 e. The molecule has 2 N–H and O–H groups in total. The van der Waals surface area contributed by atoms with Crippen molar-refractivity contribution in [3.8, 4) is 0 Å². The third-order valence-corrected chi connectivity index (χ3v) is 2.96. The van der Waals surface area contributed by atoms with E-state index in [2.05, 4.69) is 10.3 Å². The van der Waals surface area contributed by atoms with Crippen LogP contribution in [0.2, 0.25) is 0 Å². The van der Waals surface area contributed by atoms with Gasteiger partial charge in [-0.25, -0.2) is 14.2 Å². The van der Waals surface area contributed by atoms with Gasteiger partial charge in [-0.2, -0.15) is 0 Å². The summed E-state index contributed by atoms with van der Waals surface area (Å²) in [6, 6.07) is 4.30. The zero-order valence-corrected chi connectivity index (χ0v) is 9.71. The average Bonchev–Trinajstić information content (AvgIpc) is 2.71. The average molecular weight is 252 g/mol. The predicted molar refractivity (Wildman–Crippen MR) is 63.5 cm³/mol. The van der Waals surface area contributed by atoms with E-state index in [1.54, 1.807) is 6.07 Å². The summed E-state index contributed by atoms with van der Waals surface area (Å²) in [6.45, 7) is 1.81. The van der Waals surface area contributed by atoms with Crippen molar-refractivity contribution >= 4 is 28.0 Å². The largest absolute Gasteiger partial charge is 0.476 e. The molecule has 0 spiro atoms. The number of nitrogens with zero attached hydrogens (tertiary/aromatic N) is 1. The number of hydrogen-bond donors (Lipinski definition) is 2. The molecule has 0 aliphatic rings. The SMILES string of the molecule is Cc1ccc(F)cc1Nc1scnc1C(=O)O. The summed E-state index contributed by atoms with van der Waals surface area (Å²) in [6.07, 6.45) is 0. The van der Waals surface area contributed by atoms with Crippen molar-refractivity contribution in [2.45, 2.75) is 6.92 Å². The first kappa shape index (κ1) is 11.5. The quantitative estimate of drug-likeness (QED) is 0.881. The molecule has 88 valence electrons. The van der Waals surface area contributed by atoms with Crippen LogP contribution in [0.1, 0.15) is 16.1 Å². The molecule has 0 bridgehead atoms. The minimum absolute atomic E-state index is 0.0568. The minimum Gasteiger partial charge on any atom is -0.476 e. The first-order valence-electron chi connectivity index (χ1n) is 4.78. The summed E-state index contributed by atoms with van der Waals surface area (Å²) in [4.78, 5) is 14.6. The summed E-state index contributed by atoms with van der Waals surface area (Å²) in [5, 5.41) is 12.2. The zero-order chi connectivity index (χ0) is 12.4. The van der Waals surface area contributed by atoms with Crippen molar-refractivity contribution < 1.29 is 14.3 Å². The Kier molecular flexibility index (Phi) is 3.06. The van der Waals surface area contributed by atoms with Crippen LogP contribution in [0.3, 0.4) is 0 Å². The molecule has 0 radical (unpaired) electrons. The summed E-state index contributed by atoms with van der Waals surface area (Å²) in [5.41, 5.74) is 2.74. The Morgan fingerprint density at radius 3 is 3.00 bits per heavy atom. The van der Waals surface area contributed by atoms with Crippen LogP contribution in [0.25, 0.3) is 0 Å². The number of aryl methyl sites for hydroxylation is 1. The number of aromatic nitrogens is 1. The normalized spacial score (nSPS) is 10.2. The number of benzene rings is 1. The number of rotatable bonds is 3. The number of aromatic carboxylic acids is 1. The molecule has 0 amide bonds. The van der Waals surface area contributed by atoms with Gasteiger partial charge in [-0.15, -0.1) is 11.3 Å². The Morgan fingerprint density at radius 1 is 1.53 bits per heavy atom. The van der Waals surface area contributed by atoms with E-state index in [4.69, 9.17) is 5.11 Å². The molecule has 0 aliphatic carbocycles. The van der Waals surface area contributed by atoms with Crippen molar-refractivity contribution in [2.24, 2.45) is 0 Å². The molecule has 1 aromatic carbocycles. The first-order valence-corrected chi connectivity index (χ1v) is 5.66. The highest BCUT2D eigenvalue weighted by Crippen LogP contribution is 2.27. The van der Waals surface area contributed by atoms with Crippen LogP contribution in [-0.2, 0) is 0 Å². The standard InChI is InChI=1S/C11H9FN2O2S/c1-6-2-3-7(12)4-8(6)14-10-9(11(15)16)13-5-17-10/h2-5,14H,1H3,(H,15,16). The summed E-state index contributed by atoms with van der Waals surface area (Å²) < 4.78 is 13.1. The second kappa shape index (κ2) is 4.50. The Balaban J connectivity index is 2.34. The highest BCUT2D eigenvalue weighted by molar-refractivity contribution is 7.14. The molecule has 1 aromatic heterocycles. The van der Waals surface area contributed by atoms with Gasteiger partial charge in [-0.3, -0.25) is 0 Å². The van der Waals surface area contributed by atoms with E-state index in [0.717, 1.165) is 16.9 Å². The van der Waals surface area contributed by atoms with Gasteiger partial charge in [0.05, 0.1) is 5.51 Å². The molecule has 2 rings (SSSR count). The van der Waals surface area contributed by atoms with Crippen molar-refractivity contribution in [2.75, 3.05) is 5.32 Å². The minimum atomic E-state index is -1.11. The Morgan fingerprint density at radius 2 is 2.29 bits per heavy atom. The lowest BCUT2D eigenvalue weighted by atomic mass is 10.2. The van der Waals surface area contributed by atoms with Crippen LogP contribution < -0.4 is 5.32 Å². The third kappa shape index (κ3) is 2.42. The van der Waals surface area contributed by atoms with Gasteiger partial charge in [0.15, 0.2) is 5.69 Å². The molecule has 1 heterocycles. The van der Waals surface area contributed by atoms with Gasteiger partial charge in [-0.1, -0.05) is 6.07 Å². The van der Waals surface area contributed by atoms with Gasteiger partial charge >= 0.3 is 5.97 Å². The van der Waals surface area contributed by atoms with E-state index < -0.39 is 5.97 Å². The van der Waals surface area contributed by atoms with Gasteiger partial charge in [0.25, 0.3) is 0 Å². The van der Waals surface area contributed by atoms with Crippen LogP contribution in [0.4, 0.5) is 15.1 Å². The molecule has 0 unspecified atom stereocenters. The maximum atomic E-state index is 13.1. The van der Waals surface area contributed by atoms with Gasteiger partial charge in [0.1, 0.15) is 10.8 Å². The van der Waals surface area contributed by atoms with E-state index in [9.17, 15) is 9.18 Å². The second-order valence-corrected chi connectivity index (χ2v) is 4.27. The molecule has 0 saturated carbocycles. The van der Waals surface area contributed by atoms with Gasteiger partial charge in [-0.05, 0) is 24.6 Å². The molecular weight excluding hydrogens is 243 g/mol. The molecule has 0 aliphatic heterocycles. The van der Waals surface area contributed by atoms with Crippen molar-refractivity contribution in [1.82, 2.24) is 4.98 Å². The van der Waals surface area contributed by atoms with E-state index in [1.807, 2.05) is 6.92 Å². The van der Waals surface area contributed by atoms with E-state index in [0.29, 0.717) is 10.7 Å². The highest BCUT2D eigenvalue weighted by Gasteiger charge is 2.14. The van der Waals surface area contributed by atoms with Gasteiger partial charge < -0.3 is 10.4 Å². The van der Waals surface area contributed by atoms with Crippen LogP contribution in [0, 0.1) is 12.7 Å². The van der Waals surface area contributed by atoms with Gasteiger partial charge in [0, 0.05) is 5.69 Å². The fourth-order valence-corrected chi connectivity index (χ4v) is 2.02. The van der Waals surface area contributed by atoms with E-state index in [-0.39, 0.29) is 11.5 Å². The number of carboxylic acids is 1. The van der Waals surface area contributed by atoms with Crippen molar-refractivity contribution in [3.63, 3.8) is 0 Å². The molecule has 0 saturated heterocycles. The van der Waals surface area contributed by atoms with Gasteiger partial charge in [0.2, 0.25) is 0 Å². The number of carbonyl (C=O) groups is 1. The predicted octanol–water partition coefficient (Wildman–Crippen LogP) is 3.03. The number of thiazole rings is 1. The Hall–Kier alpha value is -1.95. The highest BCUT2D eigenvalue weighted by atomic mass is 32.1. The molecule has 2 aromatic rings. The third-order valence-electron chi connectivity index (χ3n) is 2.22. The summed E-state index contributed by atoms with van der Waals surface area (Å²) in [5.74, 6) is -1.48. The number of nitrogens with one attached hydrogen (secondary N) is 1. The lowest BCUT2D eigenvalue weighted by Crippen LogP contribution is -2.02. The number of hydrogen-bond acceptors (Lipinski definition) is 4. The van der Waals surface area contributed by atoms with Crippen LogP contribution in [-0.4, -0.2) is 16.1 Å². The molecule has 6 heteroatoms. The lowest BCUT2D eigenvalue weighted by molar-refractivity contribution is 0.0692. The van der Waals surface area contributed by atoms with Crippen LogP contribution >= 0.6 is 11.3 Å². The second-order valence-electron chi connectivity index (χ2n) is 3.42. The Bertz CT molecular complexity index is 568. The lowest BCUT2D eigenvalue weighted by Gasteiger charge is -2.07. The zero-order valence-electron chi connectivity index (χ0n) is 8.90. The number of carboxylic acid groups (broad SMARTS) is 1. The van der Waals surface area contributed by atoms with E-state index >= 15 is 0 Å². The molecule has 17 heavy (non-hydrogen) atoms. The maximum Gasteiger partial charge on any atom is 0.357 e. The fourth-order valence-electron chi connectivity index (χ4n) is 1.34. The summed E-state index contributed by atoms with van der Waals surface area (Å²) >= 11 is 1.16. The molecule has 0 fully saturated rings. The van der Waals surface area contributed by atoms with Crippen LogP contribution in [0.5, 0.6) is 0 Å². The molecule has 4 nitrogen and oxygen atoms in total. The maximum absolute atomic E-state index is 13.1. The van der Waals surface area contributed by atoms with Crippen molar-refractivity contribution in [1.29, 1.82) is 0 Å². The molecular formula is C11H9FN2O2S. The van der Waals surface area contributed by atoms with Crippen molar-refractivity contribution in [3.05, 3.63) is 40.8 Å². The Labute approximate surface area is 101 Å². The number of anilines is 2. The van der Waals surface area contributed by atoms with E-state index in [1.165, 1.54) is 17.6 Å². The van der Waals surface area contributed by atoms with Crippen LogP contribution in [0.15, 0.2) is 23.7 Å². The topological polar surface area (TPSA) is 62.2 Å². The fraction of sp³-hybridized carbons (Fsp3) is 0.0909.